The SMILES string of the molecule is CC.CC.[B]C1(C)CCCc2c1n(C)c(=O)n2C. The molecule has 4 heteroatoms. The van der Waals surface area contributed by atoms with Crippen LogP contribution in [0.2, 0.25) is 0 Å². The van der Waals surface area contributed by atoms with Crippen molar-refractivity contribution in [1.82, 2.24) is 9.13 Å². The number of fused-ring (bicyclic) bond motifs is 1. The summed E-state index contributed by atoms with van der Waals surface area (Å²) in [7, 11) is 9.82. The predicted molar refractivity (Wildman–Crippen MR) is 79.4 cm³/mol. The molecule has 102 valence electrons. The number of imidazole rings is 1. The van der Waals surface area contributed by atoms with Gasteiger partial charge in [0.15, 0.2) is 0 Å². The Morgan fingerprint density at radius 1 is 1.11 bits per heavy atom. The third-order valence-electron chi connectivity index (χ3n) is 3.24. The zero-order chi connectivity index (χ0) is 14.5. The van der Waals surface area contributed by atoms with Crippen LogP contribution in [0.1, 0.15) is 58.8 Å². The molecular formula is C14H27BN2O. The Morgan fingerprint density at radius 2 is 1.61 bits per heavy atom. The third kappa shape index (κ3) is 2.90. The summed E-state index contributed by atoms with van der Waals surface area (Å²) < 4.78 is 3.41. The molecule has 1 heterocycles. The highest BCUT2D eigenvalue weighted by molar-refractivity contribution is 6.15. The van der Waals surface area contributed by atoms with Gasteiger partial charge in [0.1, 0.15) is 0 Å². The van der Waals surface area contributed by atoms with E-state index in [1.807, 2.05) is 41.7 Å². The van der Waals surface area contributed by atoms with Crippen molar-refractivity contribution in [2.24, 2.45) is 14.1 Å². The van der Waals surface area contributed by atoms with Gasteiger partial charge >= 0.3 is 5.69 Å². The van der Waals surface area contributed by atoms with Gasteiger partial charge in [0.05, 0.1) is 7.85 Å². The Bertz CT molecular complexity index is 430. The summed E-state index contributed by atoms with van der Waals surface area (Å²) in [6.45, 7) is 10.0. The Balaban J connectivity index is 0.000000659. The van der Waals surface area contributed by atoms with Crippen molar-refractivity contribution >= 4 is 7.85 Å². The number of aromatic nitrogens is 2. The molecule has 1 aliphatic carbocycles. The van der Waals surface area contributed by atoms with Crippen molar-refractivity contribution in [3.63, 3.8) is 0 Å². The zero-order valence-electron chi connectivity index (χ0n) is 13.0. The summed E-state index contributed by atoms with van der Waals surface area (Å²) in [5, 5.41) is -0.344. The van der Waals surface area contributed by atoms with Crippen molar-refractivity contribution in [1.29, 1.82) is 0 Å². The first-order valence-corrected chi connectivity index (χ1v) is 6.99. The Kier molecular flexibility index (Phi) is 6.51. The van der Waals surface area contributed by atoms with Gasteiger partial charge in [-0.05, 0) is 18.2 Å². The molecule has 0 aromatic carbocycles. The maximum absolute atomic E-state index is 11.7. The van der Waals surface area contributed by atoms with Crippen LogP contribution in [0.4, 0.5) is 0 Å². The number of rotatable bonds is 0. The average Bonchev–Trinajstić information content (AvgIpc) is 2.60. The molecule has 1 unspecified atom stereocenters. The highest BCUT2D eigenvalue weighted by Crippen LogP contribution is 2.33. The van der Waals surface area contributed by atoms with Crippen LogP contribution < -0.4 is 5.69 Å². The van der Waals surface area contributed by atoms with E-state index in [2.05, 4.69) is 0 Å². The second-order valence-corrected chi connectivity index (χ2v) is 4.47. The standard InChI is InChI=1S/C10H15BN2O.2C2H6/c1-10(11)6-4-5-7-8(10)13(3)9(14)12(7)2;2*1-2/h4-6H2,1-3H3;2*1-2H3. The molecule has 0 aliphatic heterocycles. The van der Waals surface area contributed by atoms with Crippen molar-refractivity contribution < 1.29 is 0 Å². The molecule has 2 rings (SSSR count). The molecule has 0 spiro atoms. The molecular weight excluding hydrogens is 223 g/mol. The molecule has 1 aliphatic rings. The first-order valence-electron chi connectivity index (χ1n) is 6.99. The maximum atomic E-state index is 11.7. The van der Waals surface area contributed by atoms with Gasteiger partial charge in [-0.2, -0.15) is 0 Å². The lowest BCUT2D eigenvalue weighted by atomic mass is 9.62. The Morgan fingerprint density at radius 3 is 2.06 bits per heavy atom. The van der Waals surface area contributed by atoms with Crippen LogP contribution in [0.5, 0.6) is 0 Å². The van der Waals surface area contributed by atoms with E-state index in [4.69, 9.17) is 7.85 Å². The topological polar surface area (TPSA) is 26.9 Å². The fourth-order valence-corrected chi connectivity index (χ4v) is 2.53. The molecule has 0 amide bonds. The zero-order valence-corrected chi connectivity index (χ0v) is 13.0. The van der Waals surface area contributed by atoms with Crippen molar-refractivity contribution in [2.45, 2.75) is 59.2 Å². The first-order chi connectivity index (χ1) is 8.45. The van der Waals surface area contributed by atoms with Crippen LogP contribution in [0.15, 0.2) is 4.79 Å². The largest absolute Gasteiger partial charge is 0.328 e. The molecule has 0 fully saturated rings. The van der Waals surface area contributed by atoms with E-state index in [0.29, 0.717) is 0 Å². The summed E-state index contributed by atoms with van der Waals surface area (Å²) in [5.41, 5.74) is 2.15. The van der Waals surface area contributed by atoms with E-state index >= 15 is 0 Å². The van der Waals surface area contributed by atoms with Gasteiger partial charge in [-0.1, -0.05) is 41.0 Å². The highest BCUT2D eigenvalue weighted by Gasteiger charge is 2.32. The van der Waals surface area contributed by atoms with Crippen LogP contribution in [-0.2, 0) is 25.8 Å². The Labute approximate surface area is 113 Å². The van der Waals surface area contributed by atoms with E-state index in [9.17, 15) is 4.79 Å². The number of hydrogen-bond acceptors (Lipinski definition) is 1. The predicted octanol–water partition coefficient (Wildman–Crippen LogP) is 2.50. The quantitative estimate of drug-likeness (QED) is 0.650. The van der Waals surface area contributed by atoms with Gasteiger partial charge < -0.3 is 0 Å². The molecule has 18 heavy (non-hydrogen) atoms. The van der Waals surface area contributed by atoms with Crippen LogP contribution in [0.3, 0.4) is 0 Å². The number of nitrogens with zero attached hydrogens (tertiary/aromatic N) is 2. The maximum Gasteiger partial charge on any atom is 0.328 e. The summed E-state index contributed by atoms with van der Waals surface area (Å²) in [4.78, 5) is 11.7. The molecule has 2 radical (unpaired) electrons. The van der Waals surface area contributed by atoms with Gasteiger partial charge in [0, 0.05) is 25.5 Å². The van der Waals surface area contributed by atoms with Crippen LogP contribution >= 0.6 is 0 Å². The van der Waals surface area contributed by atoms with E-state index in [-0.39, 0.29) is 11.0 Å². The normalized spacial score (nSPS) is 21.1. The van der Waals surface area contributed by atoms with E-state index in [1.165, 1.54) is 0 Å². The average molecular weight is 250 g/mol. The van der Waals surface area contributed by atoms with Crippen molar-refractivity contribution in [2.75, 3.05) is 0 Å². The smallest absolute Gasteiger partial charge is 0.299 e. The lowest BCUT2D eigenvalue weighted by Crippen LogP contribution is -2.31. The van der Waals surface area contributed by atoms with E-state index in [0.717, 1.165) is 30.7 Å². The van der Waals surface area contributed by atoms with E-state index in [1.54, 1.807) is 16.2 Å². The lowest BCUT2D eigenvalue weighted by molar-refractivity contribution is 0.496. The molecule has 0 N–H and O–H groups in total. The van der Waals surface area contributed by atoms with Crippen molar-refractivity contribution in [3.8, 4) is 0 Å². The molecule has 1 aromatic rings. The van der Waals surface area contributed by atoms with E-state index < -0.39 is 0 Å². The fourth-order valence-electron chi connectivity index (χ4n) is 2.53. The summed E-state index contributed by atoms with van der Waals surface area (Å²) >= 11 is 0. The van der Waals surface area contributed by atoms with Crippen LogP contribution in [0.25, 0.3) is 0 Å². The second-order valence-electron chi connectivity index (χ2n) is 4.47. The lowest BCUT2D eigenvalue weighted by Gasteiger charge is -2.31. The minimum absolute atomic E-state index is 0.0357. The van der Waals surface area contributed by atoms with Gasteiger partial charge in [0.25, 0.3) is 0 Å². The van der Waals surface area contributed by atoms with Gasteiger partial charge in [0.2, 0.25) is 0 Å². The fraction of sp³-hybridized carbons (Fsp3) is 0.786. The summed E-state index contributed by atoms with van der Waals surface area (Å²) in [6, 6.07) is 0. The summed E-state index contributed by atoms with van der Waals surface area (Å²) in [6.07, 6.45) is 2.99. The molecule has 1 atom stereocenters. The minimum atomic E-state index is -0.344. The van der Waals surface area contributed by atoms with Crippen molar-refractivity contribution in [3.05, 3.63) is 21.9 Å². The number of hydrogen-bond donors (Lipinski definition) is 0. The molecule has 1 aromatic heterocycles. The molecule has 0 bridgehead atoms. The first kappa shape index (κ1) is 17.1. The second kappa shape index (κ2) is 6.86. The van der Waals surface area contributed by atoms with Gasteiger partial charge in [-0.15, -0.1) is 0 Å². The minimum Gasteiger partial charge on any atom is -0.299 e. The van der Waals surface area contributed by atoms with Gasteiger partial charge in [-0.3, -0.25) is 9.13 Å². The highest BCUT2D eigenvalue weighted by atomic mass is 16.1. The van der Waals surface area contributed by atoms with Gasteiger partial charge in [-0.25, -0.2) is 4.79 Å². The third-order valence-corrected chi connectivity index (χ3v) is 3.24. The summed E-state index contributed by atoms with van der Waals surface area (Å²) in [5.74, 6) is 0. The monoisotopic (exact) mass is 250 g/mol. The Hall–Kier alpha value is -0.925. The molecule has 0 saturated heterocycles. The van der Waals surface area contributed by atoms with Crippen LogP contribution in [0, 0.1) is 0 Å². The molecule has 0 saturated carbocycles. The molecule has 3 nitrogen and oxygen atoms in total. The van der Waals surface area contributed by atoms with Crippen LogP contribution in [-0.4, -0.2) is 17.0 Å².